The van der Waals surface area contributed by atoms with E-state index < -0.39 is 0 Å². The summed E-state index contributed by atoms with van der Waals surface area (Å²) in [7, 11) is 1.56. The van der Waals surface area contributed by atoms with E-state index in [2.05, 4.69) is 11.6 Å². The van der Waals surface area contributed by atoms with Crippen LogP contribution in [0.25, 0.3) is 0 Å². The van der Waals surface area contributed by atoms with Gasteiger partial charge in [-0.1, -0.05) is 26.8 Å². The van der Waals surface area contributed by atoms with E-state index in [-0.39, 0.29) is 5.41 Å². The molecule has 0 radical (unpaired) electrons. The van der Waals surface area contributed by atoms with E-state index in [4.69, 9.17) is 4.74 Å². The van der Waals surface area contributed by atoms with E-state index in [1.165, 1.54) is 0 Å². The molecule has 0 unspecified atom stereocenters. The lowest BCUT2D eigenvalue weighted by Gasteiger charge is -2.20. The van der Waals surface area contributed by atoms with Crippen LogP contribution in [0.1, 0.15) is 38.0 Å². The van der Waals surface area contributed by atoms with Crippen LogP contribution in [-0.4, -0.2) is 12.1 Å². The summed E-state index contributed by atoms with van der Waals surface area (Å²) in [4.78, 5) is 4.42. The van der Waals surface area contributed by atoms with Crippen molar-refractivity contribution in [1.82, 2.24) is 4.98 Å². The molecule has 0 spiro atoms. The van der Waals surface area contributed by atoms with Crippen molar-refractivity contribution in [2.45, 2.75) is 39.5 Å². The molecule has 4 heteroatoms. The first kappa shape index (κ1) is 13.5. The third kappa shape index (κ3) is 2.57. The number of ether oxygens (including phenoxy) is 1. The van der Waals surface area contributed by atoms with E-state index in [0.29, 0.717) is 23.7 Å². The molecule has 0 saturated carbocycles. The van der Waals surface area contributed by atoms with Crippen molar-refractivity contribution in [2.75, 3.05) is 7.11 Å². The molecule has 1 aromatic heterocycles. The lowest BCUT2D eigenvalue weighted by atomic mass is 9.90. The van der Waals surface area contributed by atoms with Gasteiger partial charge in [0.25, 0.3) is 0 Å². The molecule has 0 aliphatic carbocycles. The molecule has 0 aromatic carbocycles. The maximum Gasteiger partial charge on any atom is 0.305 e. The Morgan fingerprint density at radius 3 is 2.47 bits per heavy atom. The third-order valence-electron chi connectivity index (χ3n) is 2.57. The molecule has 0 fully saturated rings. The Morgan fingerprint density at radius 2 is 2.06 bits per heavy atom. The fraction of sp³-hybridized carbons (Fsp3) is 0.538. The van der Waals surface area contributed by atoms with E-state index in [1.54, 1.807) is 20.1 Å². The number of hydrogen-bond acceptors (Lipinski definition) is 3. The Labute approximate surface area is 103 Å². The van der Waals surface area contributed by atoms with Crippen LogP contribution in [0.2, 0.25) is 0 Å². The van der Waals surface area contributed by atoms with Gasteiger partial charge in [-0.3, -0.25) is 0 Å². The van der Waals surface area contributed by atoms with Crippen molar-refractivity contribution in [3.05, 3.63) is 35.1 Å². The van der Waals surface area contributed by atoms with Crippen LogP contribution in [0.15, 0.2) is 12.7 Å². The predicted octanol–water partition coefficient (Wildman–Crippen LogP) is 2.06. The summed E-state index contributed by atoms with van der Waals surface area (Å²) in [6.45, 7) is 11.5. The average molecular weight is 236 g/mol. The van der Waals surface area contributed by atoms with Gasteiger partial charge < -0.3 is 9.94 Å². The van der Waals surface area contributed by atoms with Gasteiger partial charge in [0.15, 0.2) is 0 Å². The van der Waals surface area contributed by atoms with Gasteiger partial charge in [0.1, 0.15) is 5.69 Å². The van der Waals surface area contributed by atoms with E-state index in [9.17, 15) is 5.21 Å². The minimum Gasteiger partial charge on any atom is -0.710 e. The minimum absolute atomic E-state index is 0.166. The normalized spacial score (nSPS) is 11.4. The van der Waals surface area contributed by atoms with Crippen LogP contribution < -0.4 is 9.47 Å². The highest BCUT2D eigenvalue weighted by molar-refractivity contribution is 5.34. The minimum atomic E-state index is -0.166. The fourth-order valence-corrected chi connectivity index (χ4v) is 1.69. The highest BCUT2D eigenvalue weighted by Crippen LogP contribution is 2.30. The first-order chi connectivity index (χ1) is 7.82. The molecular weight excluding hydrogens is 216 g/mol. The summed E-state index contributed by atoms with van der Waals surface area (Å²) in [5.74, 6) is 1.03. The molecule has 0 atom stereocenters. The lowest BCUT2D eigenvalue weighted by Crippen LogP contribution is -2.39. The Bertz CT molecular complexity index is 434. The highest BCUT2D eigenvalue weighted by atomic mass is 16.5. The van der Waals surface area contributed by atoms with Crippen molar-refractivity contribution in [3.63, 3.8) is 0 Å². The average Bonchev–Trinajstić information content (AvgIpc) is 2.23. The zero-order chi connectivity index (χ0) is 13.2. The van der Waals surface area contributed by atoms with Crippen molar-refractivity contribution in [2.24, 2.45) is 0 Å². The van der Waals surface area contributed by atoms with Gasteiger partial charge in [0.05, 0.1) is 13.5 Å². The van der Waals surface area contributed by atoms with Crippen molar-refractivity contribution in [3.8, 4) is 5.75 Å². The number of aromatic nitrogens is 2. The van der Waals surface area contributed by atoms with Gasteiger partial charge in [-0.25, -0.2) is 4.73 Å². The molecule has 4 nitrogen and oxygen atoms in total. The smallest absolute Gasteiger partial charge is 0.305 e. The molecule has 1 heterocycles. The second kappa shape index (κ2) is 4.73. The molecule has 94 valence electrons. The number of allylic oxidation sites excluding steroid dienone is 1. The maximum atomic E-state index is 11.9. The SMILES string of the molecule is C=CCc1nc(C(C)(C)C)c(OC)c(C)[n+]1[O-]. The Kier molecular flexibility index (Phi) is 3.76. The summed E-state index contributed by atoms with van der Waals surface area (Å²) in [5.41, 5.74) is 1.19. The zero-order valence-corrected chi connectivity index (χ0v) is 11.2. The topological polar surface area (TPSA) is 49.1 Å². The van der Waals surface area contributed by atoms with Crippen LogP contribution in [-0.2, 0) is 11.8 Å². The second-order valence-corrected chi connectivity index (χ2v) is 5.03. The van der Waals surface area contributed by atoms with Gasteiger partial charge in [-0.05, 0) is 4.98 Å². The molecule has 0 bridgehead atoms. The Hall–Kier alpha value is -1.58. The summed E-state index contributed by atoms with van der Waals surface area (Å²) in [6, 6.07) is 0. The van der Waals surface area contributed by atoms with Crippen LogP contribution in [0, 0.1) is 12.1 Å². The van der Waals surface area contributed by atoms with Gasteiger partial charge >= 0.3 is 5.82 Å². The van der Waals surface area contributed by atoms with Gasteiger partial charge in [0, 0.05) is 12.3 Å². The van der Waals surface area contributed by atoms with Gasteiger partial charge in [-0.2, -0.15) is 0 Å². The molecular formula is C13H20N2O2. The second-order valence-electron chi connectivity index (χ2n) is 5.03. The first-order valence-corrected chi connectivity index (χ1v) is 5.61. The number of hydrogen-bond donors (Lipinski definition) is 0. The van der Waals surface area contributed by atoms with Crippen LogP contribution >= 0.6 is 0 Å². The fourth-order valence-electron chi connectivity index (χ4n) is 1.69. The van der Waals surface area contributed by atoms with Gasteiger partial charge in [-0.15, -0.1) is 6.58 Å². The molecule has 0 aliphatic rings. The van der Waals surface area contributed by atoms with E-state index >= 15 is 0 Å². The Morgan fingerprint density at radius 1 is 1.47 bits per heavy atom. The predicted molar refractivity (Wildman–Crippen MR) is 67.1 cm³/mol. The molecule has 17 heavy (non-hydrogen) atoms. The van der Waals surface area contributed by atoms with E-state index in [1.807, 2.05) is 20.8 Å². The monoisotopic (exact) mass is 236 g/mol. The molecule has 1 aromatic rings. The molecule has 0 amide bonds. The standard InChI is InChI=1S/C13H20N2O2/c1-7-8-10-14-12(13(3,4)5)11(17-6)9(2)15(10)16/h7H,1,8H2,2-6H3. The lowest BCUT2D eigenvalue weighted by molar-refractivity contribution is -0.624. The van der Waals surface area contributed by atoms with Crippen LogP contribution in [0.4, 0.5) is 0 Å². The summed E-state index contributed by atoms with van der Waals surface area (Å²) in [6.07, 6.45) is 2.13. The quantitative estimate of drug-likeness (QED) is 0.458. The third-order valence-corrected chi connectivity index (χ3v) is 2.57. The number of rotatable bonds is 3. The van der Waals surface area contributed by atoms with Crippen LogP contribution in [0.5, 0.6) is 5.75 Å². The molecule has 0 N–H and O–H groups in total. The van der Waals surface area contributed by atoms with Gasteiger partial charge in [0.2, 0.25) is 11.4 Å². The number of nitrogens with zero attached hydrogens (tertiary/aromatic N) is 2. The molecule has 1 rings (SSSR count). The van der Waals surface area contributed by atoms with Crippen LogP contribution in [0.3, 0.4) is 0 Å². The summed E-state index contributed by atoms with van der Waals surface area (Å²) in [5, 5.41) is 11.9. The van der Waals surface area contributed by atoms with E-state index in [0.717, 1.165) is 10.4 Å². The maximum absolute atomic E-state index is 11.9. The summed E-state index contributed by atoms with van der Waals surface area (Å²) >= 11 is 0. The Balaban J connectivity index is 3.52. The van der Waals surface area contributed by atoms with Crippen molar-refractivity contribution < 1.29 is 9.47 Å². The highest BCUT2D eigenvalue weighted by Gasteiger charge is 2.30. The zero-order valence-electron chi connectivity index (χ0n) is 11.2. The number of methoxy groups -OCH3 is 1. The van der Waals surface area contributed by atoms with Crippen molar-refractivity contribution in [1.29, 1.82) is 0 Å². The van der Waals surface area contributed by atoms with Crippen molar-refractivity contribution >= 4 is 0 Å². The largest absolute Gasteiger partial charge is 0.710 e. The first-order valence-electron chi connectivity index (χ1n) is 5.61. The molecule has 0 aliphatic heterocycles. The molecule has 0 saturated heterocycles. The summed E-state index contributed by atoms with van der Waals surface area (Å²) < 4.78 is 6.12.